The van der Waals surface area contributed by atoms with Crippen molar-refractivity contribution >= 4 is 0 Å². The lowest BCUT2D eigenvalue weighted by Gasteiger charge is -2.35. The van der Waals surface area contributed by atoms with E-state index >= 15 is 0 Å². The Kier molecular flexibility index (Phi) is 8.90. The lowest BCUT2D eigenvalue weighted by atomic mass is 9.91. The van der Waals surface area contributed by atoms with Crippen LogP contribution in [0.15, 0.2) is 36.4 Å². The fourth-order valence-electron chi connectivity index (χ4n) is 4.36. The third-order valence-corrected chi connectivity index (χ3v) is 6.37. The van der Waals surface area contributed by atoms with Gasteiger partial charge in [0.1, 0.15) is 23.9 Å². The smallest absolute Gasteiger partial charge is 0.123 e. The maximum atomic E-state index is 13.2. The van der Waals surface area contributed by atoms with E-state index in [1.54, 1.807) is 18.2 Å². The van der Waals surface area contributed by atoms with Crippen LogP contribution in [0.1, 0.15) is 55.2 Å². The summed E-state index contributed by atoms with van der Waals surface area (Å²) in [5.41, 5.74) is 2.35. The number of nitrogens with one attached hydrogen (secondary N) is 1. The van der Waals surface area contributed by atoms with Crippen LogP contribution in [0.5, 0.6) is 11.5 Å². The molecule has 0 aromatic heterocycles. The van der Waals surface area contributed by atoms with Gasteiger partial charge in [-0.3, -0.25) is 4.90 Å². The van der Waals surface area contributed by atoms with E-state index in [0.717, 1.165) is 63.0 Å². The molecule has 2 atom stereocenters. The van der Waals surface area contributed by atoms with E-state index < -0.39 is 0 Å². The minimum absolute atomic E-state index is 0.214. The molecule has 2 unspecified atom stereocenters. The number of hydrogen-bond acceptors (Lipinski definition) is 5. The average molecular weight is 440 g/mol. The first-order valence-corrected chi connectivity index (χ1v) is 11.5. The van der Waals surface area contributed by atoms with E-state index in [1.807, 2.05) is 13.0 Å². The molecular formula is C26H34FN3O2. The first-order chi connectivity index (χ1) is 15.5. The van der Waals surface area contributed by atoms with Gasteiger partial charge in [0.25, 0.3) is 0 Å². The number of nitriles is 1. The second-order valence-electron chi connectivity index (χ2n) is 8.73. The number of ether oxygens (including phenoxy) is 1. The minimum atomic E-state index is -0.256. The number of aryl methyl sites for hydroxylation is 1. The molecular weight excluding hydrogens is 405 g/mol. The van der Waals surface area contributed by atoms with Gasteiger partial charge < -0.3 is 15.2 Å². The Morgan fingerprint density at radius 3 is 2.53 bits per heavy atom. The van der Waals surface area contributed by atoms with E-state index in [4.69, 9.17) is 10.00 Å². The van der Waals surface area contributed by atoms with Crippen molar-refractivity contribution in [3.05, 3.63) is 58.9 Å². The monoisotopic (exact) mass is 439 g/mol. The highest BCUT2D eigenvalue weighted by Crippen LogP contribution is 2.32. The number of rotatable bonds is 10. The molecule has 172 valence electrons. The molecule has 0 bridgehead atoms. The second kappa shape index (κ2) is 11.8. The topological polar surface area (TPSA) is 68.5 Å². The van der Waals surface area contributed by atoms with Crippen LogP contribution >= 0.6 is 0 Å². The summed E-state index contributed by atoms with van der Waals surface area (Å²) in [7, 11) is 0. The minimum Gasteiger partial charge on any atom is -0.508 e. The summed E-state index contributed by atoms with van der Waals surface area (Å²) >= 11 is 0. The van der Waals surface area contributed by atoms with Crippen LogP contribution in [0.3, 0.4) is 0 Å². The molecule has 0 radical (unpaired) electrons. The van der Waals surface area contributed by atoms with Crippen molar-refractivity contribution in [2.24, 2.45) is 0 Å². The molecule has 0 amide bonds. The predicted octanol–water partition coefficient (Wildman–Crippen LogP) is 4.73. The van der Waals surface area contributed by atoms with Gasteiger partial charge in [-0.2, -0.15) is 5.26 Å². The average Bonchev–Trinajstić information content (AvgIpc) is 2.81. The molecule has 0 spiro atoms. The van der Waals surface area contributed by atoms with Crippen LogP contribution in [0.25, 0.3) is 0 Å². The van der Waals surface area contributed by atoms with Gasteiger partial charge >= 0.3 is 0 Å². The van der Waals surface area contributed by atoms with Gasteiger partial charge in [-0.05, 0) is 67.1 Å². The molecule has 1 aliphatic rings. The van der Waals surface area contributed by atoms with Gasteiger partial charge in [0.15, 0.2) is 0 Å². The van der Waals surface area contributed by atoms with Crippen molar-refractivity contribution in [2.45, 2.75) is 51.5 Å². The van der Waals surface area contributed by atoms with Gasteiger partial charge in [0.05, 0.1) is 11.6 Å². The summed E-state index contributed by atoms with van der Waals surface area (Å²) in [6.45, 7) is 8.62. The Morgan fingerprint density at radius 2 is 1.84 bits per heavy atom. The van der Waals surface area contributed by atoms with Crippen molar-refractivity contribution in [1.29, 1.82) is 5.26 Å². The van der Waals surface area contributed by atoms with E-state index in [9.17, 15) is 9.50 Å². The van der Waals surface area contributed by atoms with Crippen LogP contribution in [0.2, 0.25) is 0 Å². The number of phenolic OH excluding ortho intramolecular Hbond substituents is 1. The fourth-order valence-corrected chi connectivity index (χ4v) is 4.36. The lowest BCUT2D eigenvalue weighted by molar-refractivity contribution is 0.112. The van der Waals surface area contributed by atoms with Crippen LogP contribution in [-0.2, 0) is 0 Å². The highest BCUT2D eigenvalue weighted by molar-refractivity contribution is 5.48. The number of aromatic hydroxyl groups is 1. The molecule has 2 aromatic rings. The zero-order chi connectivity index (χ0) is 22.9. The summed E-state index contributed by atoms with van der Waals surface area (Å²) in [6.07, 6.45) is 4.14. The van der Waals surface area contributed by atoms with Gasteiger partial charge in [-0.15, -0.1) is 0 Å². The summed E-state index contributed by atoms with van der Waals surface area (Å²) in [5.74, 6) is 0.890. The largest absolute Gasteiger partial charge is 0.508 e. The maximum absolute atomic E-state index is 13.2. The quantitative estimate of drug-likeness (QED) is 0.524. The molecule has 1 saturated heterocycles. The number of benzene rings is 2. The zero-order valence-electron chi connectivity index (χ0n) is 19.1. The molecule has 32 heavy (non-hydrogen) atoms. The molecule has 1 aliphatic heterocycles. The Labute approximate surface area is 190 Å². The van der Waals surface area contributed by atoms with Gasteiger partial charge in [-0.25, -0.2) is 4.39 Å². The summed E-state index contributed by atoms with van der Waals surface area (Å²) < 4.78 is 19.1. The number of nitrogens with zero attached hydrogens (tertiary/aromatic N) is 2. The predicted molar refractivity (Wildman–Crippen MR) is 125 cm³/mol. The highest BCUT2D eigenvalue weighted by Gasteiger charge is 2.21. The first kappa shape index (κ1) is 24.0. The number of hydrogen-bond donors (Lipinski definition) is 2. The third-order valence-electron chi connectivity index (χ3n) is 6.37. The van der Waals surface area contributed by atoms with E-state index in [0.29, 0.717) is 24.0 Å². The van der Waals surface area contributed by atoms with Gasteiger partial charge in [-0.1, -0.05) is 25.8 Å². The Hall–Kier alpha value is -2.62. The molecule has 2 aromatic carbocycles. The first-order valence-electron chi connectivity index (χ1n) is 11.5. The van der Waals surface area contributed by atoms with Gasteiger partial charge in [0, 0.05) is 32.2 Å². The van der Waals surface area contributed by atoms with Gasteiger partial charge in [0.2, 0.25) is 0 Å². The number of phenols is 1. The van der Waals surface area contributed by atoms with E-state index in [1.165, 1.54) is 12.1 Å². The van der Waals surface area contributed by atoms with Crippen molar-refractivity contribution in [2.75, 3.05) is 32.8 Å². The van der Waals surface area contributed by atoms with Crippen LogP contribution in [-0.4, -0.2) is 48.8 Å². The van der Waals surface area contributed by atoms with Crippen molar-refractivity contribution in [1.82, 2.24) is 10.2 Å². The zero-order valence-corrected chi connectivity index (χ0v) is 19.1. The number of halogens is 1. The number of piperazine rings is 1. The van der Waals surface area contributed by atoms with Crippen LogP contribution in [0, 0.1) is 24.1 Å². The van der Waals surface area contributed by atoms with E-state index in [2.05, 4.69) is 23.2 Å². The fraction of sp³-hybridized carbons (Fsp3) is 0.500. The normalized spacial score (nSPS) is 16.3. The Bertz CT molecular complexity index is 905. The van der Waals surface area contributed by atoms with Crippen LogP contribution in [0.4, 0.5) is 4.39 Å². The molecule has 3 rings (SSSR count). The second-order valence-corrected chi connectivity index (χ2v) is 8.73. The molecule has 2 N–H and O–H groups in total. The third kappa shape index (κ3) is 6.69. The molecule has 0 aliphatic carbocycles. The number of unbranched alkanes of at least 4 members (excludes halogenated alkanes) is 1. The summed E-state index contributed by atoms with van der Waals surface area (Å²) in [5, 5.41) is 22.9. The maximum Gasteiger partial charge on any atom is 0.123 e. The standard InChI is InChI=1S/C26H34FN3O2/c1-19(25-15-20(2)21(17-28)16-26(25)31)5-3-4-6-23(30-13-11-29-12-14-30)18-32-24-9-7-22(27)8-10-24/h7-10,15-16,19,23,29,31H,3-6,11-14,18H2,1-2H3. The molecule has 1 heterocycles. The van der Waals surface area contributed by atoms with Crippen molar-refractivity contribution in [3.8, 4) is 17.6 Å². The van der Waals surface area contributed by atoms with E-state index in [-0.39, 0.29) is 17.5 Å². The summed E-state index contributed by atoms with van der Waals surface area (Å²) in [4.78, 5) is 2.49. The summed E-state index contributed by atoms with van der Waals surface area (Å²) in [6, 6.07) is 12.2. The highest BCUT2D eigenvalue weighted by atomic mass is 19.1. The van der Waals surface area contributed by atoms with Crippen molar-refractivity contribution < 1.29 is 14.2 Å². The molecule has 5 nitrogen and oxygen atoms in total. The molecule has 6 heteroatoms. The van der Waals surface area contributed by atoms with Crippen LogP contribution < -0.4 is 10.1 Å². The Morgan fingerprint density at radius 1 is 1.16 bits per heavy atom. The SMILES string of the molecule is Cc1cc(C(C)CCCCC(COc2ccc(F)cc2)N2CCNCC2)c(O)cc1C#N. The lowest BCUT2D eigenvalue weighted by Crippen LogP contribution is -2.50. The molecule has 1 fully saturated rings. The molecule has 0 saturated carbocycles. The Balaban J connectivity index is 1.52. The van der Waals surface area contributed by atoms with Crippen molar-refractivity contribution in [3.63, 3.8) is 0 Å².